The van der Waals surface area contributed by atoms with E-state index in [0.717, 1.165) is 5.57 Å². The van der Waals surface area contributed by atoms with E-state index in [9.17, 15) is 4.79 Å². The fourth-order valence-electron chi connectivity index (χ4n) is 0.693. The highest BCUT2D eigenvalue weighted by Gasteiger charge is 2.25. The number of hydrogen-bond acceptors (Lipinski definition) is 4. The van der Waals surface area contributed by atoms with Crippen LogP contribution in [0.25, 0.3) is 0 Å². The predicted octanol–water partition coefficient (Wildman–Crippen LogP) is 0.877. The first-order valence-corrected chi connectivity index (χ1v) is 4.89. The van der Waals surface area contributed by atoms with Gasteiger partial charge in [0.15, 0.2) is 0 Å². The zero-order chi connectivity index (χ0) is 12.1. The van der Waals surface area contributed by atoms with Crippen molar-refractivity contribution in [2.45, 2.75) is 27.7 Å². The van der Waals surface area contributed by atoms with Gasteiger partial charge in [-0.2, -0.15) is 0 Å². The molecular formula is C11H20O4. The van der Waals surface area contributed by atoms with Gasteiger partial charge in [-0.25, -0.2) is 4.79 Å². The summed E-state index contributed by atoms with van der Waals surface area (Å²) in [6, 6.07) is 0. The Balaban J connectivity index is 4.29. The lowest BCUT2D eigenvalue weighted by molar-refractivity contribution is -0.144. The maximum Gasteiger partial charge on any atom is 0.333 e. The molecule has 0 saturated heterocycles. The average Bonchev–Trinajstić information content (AvgIpc) is 2.24. The molecule has 0 amide bonds. The Labute approximate surface area is 90.6 Å². The Kier molecular flexibility index (Phi) is 5.54. The predicted molar refractivity (Wildman–Crippen MR) is 57.3 cm³/mol. The zero-order valence-corrected chi connectivity index (χ0v) is 9.83. The molecule has 0 spiro atoms. The second-order valence-corrected chi connectivity index (χ2v) is 4.33. The van der Waals surface area contributed by atoms with Crippen LogP contribution in [0.1, 0.15) is 27.7 Å². The molecule has 0 aromatic carbocycles. The molecule has 0 aliphatic rings. The molecule has 88 valence electrons. The summed E-state index contributed by atoms with van der Waals surface area (Å²) in [5, 5.41) is 18.0. The van der Waals surface area contributed by atoms with Crippen molar-refractivity contribution < 1.29 is 19.7 Å². The zero-order valence-electron chi connectivity index (χ0n) is 9.83. The van der Waals surface area contributed by atoms with E-state index in [4.69, 9.17) is 14.9 Å². The summed E-state index contributed by atoms with van der Waals surface area (Å²) in [6.45, 7) is 6.57. The van der Waals surface area contributed by atoms with Crippen LogP contribution in [0.4, 0.5) is 0 Å². The highest BCUT2D eigenvalue weighted by molar-refractivity contribution is 5.88. The molecule has 4 nitrogen and oxygen atoms in total. The van der Waals surface area contributed by atoms with Gasteiger partial charge in [0.25, 0.3) is 0 Å². The van der Waals surface area contributed by atoms with E-state index in [1.807, 2.05) is 13.8 Å². The van der Waals surface area contributed by atoms with Crippen LogP contribution in [0.15, 0.2) is 11.1 Å². The largest absolute Gasteiger partial charge is 0.462 e. The summed E-state index contributed by atoms with van der Waals surface area (Å²) in [4.78, 5) is 11.4. The number of aliphatic hydroxyl groups excluding tert-OH is 2. The molecule has 15 heavy (non-hydrogen) atoms. The lowest BCUT2D eigenvalue weighted by Gasteiger charge is -2.23. The Bertz CT molecular complexity index is 247. The van der Waals surface area contributed by atoms with E-state index in [0.29, 0.717) is 5.57 Å². The molecule has 0 aromatic heterocycles. The smallest absolute Gasteiger partial charge is 0.333 e. The van der Waals surface area contributed by atoms with Crippen molar-refractivity contribution in [1.29, 1.82) is 0 Å². The minimum Gasteiger partial charge on any atom is -0.462 e. The molecule has 0 fully saturated rings. The molecule has 0 rings (SSSR count). The van der Waals surface area contributed by atoms with E-state index in [-0.39, 0.29) is 19.8 Å². The van der Waals surface area contributed by atoms with E-state index in [2.05, 4.69) is 0 Å². The van der Waals surface area contributed by atoms with E-state index >= 15 is 0 Å². The van der Waals surface area contributed by atoms with Crippen LogP contribution in [0.3, 0.4) is 0 Å². The van der Waals surface area contributed by atoms with Crippen molar-refractivity contribution >= 4 is 5.97 Å². The molecule has 0 unspecified atom stereocenters. The van der Waals surface area contributed by atoms with Crippen LogP contribution in [-0.2, 0) is 9.53 Å². The monoisotopic (exact) mass is 216 g/mol. The quantitative estimate of drug-likeness (QED) is 0.529. The molecule has 0 heterocycles. The maximum absolute atomic E-state index is 11.4. The molecule has 0 saturated carbocycles. The highest BCUT2D eigenvalue weighted by Crippen LogP contribution is 2.15. The van der Waals surface area contributed by atoms with Crippen LogP contribution in [0.2, 0.25) is 0 Å². The summed E-state index contributed by atoms with van der Waals surface area (Å²) in [5.74, 6) is -0.400. The van der Waals surface area contributed by atoms with Crippen LogP contribution in [0, 0.1) is 5.41 Å². The summed E-state index contributed by atoms with van der Waals surface area (Å²) in [5.41, 5.74) is 0.695. The van der Waals surface area contributed by atoms with Crippen molar-refractivity contribution in [2.75, 3.05) is 19.8 Å². The van der Waals surface area contributed by atoms with E-state index in [1.165, 1.54) is 0 Å². The lowest BCUT2D eigenvalue weighted by atomic mass is 9.94. The first-order valence-electron chi connectivity index (χ1n) is 4.89. The molecule has 2 N–H and O–H groups in total. The molecule has 0 aliphatic heterocycles. The molecule has 0 atom stereocenters. The molecule has 0 aliphatic carbocycles. The summed E-state index contributed by atoms with van der Waals surface area (Å²) < 4.78 is 5.00. The van der Waals surface area contributed by atoms with E-state index < -0.39 is 11.4 Å². The van der Waals surface area contributed by atoms with Crippen LogP contribution in [0.5, 0.6) is 0 Å². The third-order valence-corrected chi connectivity index (χ3v) is 2.37. The van der Waals surface area contributed by atoms with E-state index in [1.54, 1.807) is 13.8 Å². The van der Waals surface area contributed by atoms with Crippen molar-refractivity contribution in [3.05, 3.63) is 11.1 Å². The molecule has 0 bridgehead atoms. The fraction of sp³-hybridized carbons (Fsp3) is 0.727. The van der Waals surface area contributed by atoms with Crippen molar-refractivity contribution in [1.82, 2.24) is 0 Å². The summed E-state index contributed by atoms with van der Waals surface area (Å²) >= 11 is 0. The van der Waals surface area contributed by atoms with Gasteiger partial charge >= 0.3 is 5.97 Å². The SMILES string of the molecule is CC(C)=C(C)C(=O)OCC(C)(CO)CO. The normalized spacial score (nSPS) is 11.1. The molecule has 0 aromatic rings. The van der Waals surface area contributed by atoms with Crippen LogP contribution < -0.4 is 0 Å². The third kappa shape index (κ3) is 4.44. The van der Waals surface area contributed by atoms with Gasteiger partial charge in [0, 0.05) is 11.0 Å². The average molecular weight is 216 g/mol. The third-order valence-electron chi connectivity index (χ3n) is 2.37. The number of ether oxygens (including phenoxy) is 1. The number of allylic oxidation sites excluding steroid dienone is 1. The Hall–Kier alpha value is -0.870. The molecular weight excluding hydrogens is 196 g/mol. The van der Waals surface area contributed by atoms with Gasteiger partial charge in [0.2, 0.25) is 0 Å². The van der Waals surface area contributed by atoms with Gasteiger partial charge in [0.05, 0.1) is 13.2 Å². The van der Waals surface area contributed by atoms with Crippen LogP contribution in [-0.4, -0.2) is 36.0 Å². The minimum atomic E-state index is -0.766. The van der Waals surface area contributed by atoms with Crippen molar-refractivity contribution in [3.8, 4) is 0 Å². The van der Waals surface area contributed by atoms with Gasteiger partial charge in [-0.3, -0.25) is 0 Å². The first kappa shape index (κ1) is 14.1. The fourth-order valence-corrected chi connectivity index (χ4v) is 0.693. The van der Waals surface area contributed by atoms with Gasteiger partial charge in [-0.1, -0.05) is 12.5 Å². The maximum atomic E-state index is 11.4. The number of rotatable bonds is 5. The second kappa shape index (κ2) is 5.88. The standard InChI is InChI=1S/C11H20O4/c1-8(2)9(3)10(14)15-7-11(4,5-12)6-13/h12-13H,5-7H2,1-4H3. The summed E-state index contributed by atoms with van der Waals surface area (Å²) in [6.07, 6.45) is 0. The van der Waals surface area contributed by atoms with Crippen molar-refractivity contribution in [3.63, 3.8) is 0 Å². The number of carbonyl (C=O) groups excluding carboxylic acids is 1. The second-order valence-electron chi connectivity index (χ2n) is 4.33. The first-order chi connectivity index (χ1) is 6.86. The number of carbonyl (C=O) groups is 1. The summed E-state index contributed by atoms with van der Waals surface area (Å²) in [7, 11) is 0. The molecule has 4 heteroatoms. The number of esters is 1. The topological polar surface area (TPSA) is 66.8 Å². The number of aliphatic hydroxyl groups is 2. The lowest BCUT2D eigenvalue weighted by Crippen LogP contribution is -2.32. The highest BCUT2D eigenvalue weighted by atomic mass is 16.5. The Morgan fingerprint density at radius 1 is 1.20 bits per heavy atom. The molecule has 0 radical (unpaired) electrons. The Morgan fingerprint density at radius 2 is 1.67 bits per heavy atom. The van der Waals surface area contributed by atoms with Crippen molar-refractivity contribution in [2.24, 2.45) is 5.41 Å². The van der Waals surface area contributed by atoms with Gasteiger partial charge in [0.1, 0.15) is 6.61 Å². The van der Waals surface area contributed by atoms with Gasteiger partial charge < -0.3 is 14.9 Å². The minimum absolute atomic E-state index is 0.0173. The Morgan fingerprint density at radius 3 is 2.00 bits per heavy atom. The van der Waals surface area contributed by atoms with Gasteiger partial charge in [-0.05, 0) is 20.8 Å². The van der Waals surface area contributed by atoms with Crippen LogP contribution >= 0.6 is 0 Å². The van der Waals surface area contributed by atoms with Gasteiger partial charge in [-0.15, -0.1) is 0 Å². The number of hydrogen-bond donors (Lipinski definition) is 2.